The standard InChI is InChI=1S/Br3O3P.3BrH/c1-4-7(5-2)6-3;;;/h;3*1H. The summed E-state index contributed by atoms with van der Waals surface area (Å²) in [6.07, 6.45) is 0. The monoisotopic (exact) mass is 555 g/mol. The highest BCUT2D eigenvalue weighted by atomic mass is 79.9. The van der Waals surface area contributed by atoms with Gasteiger partial charge in [0, 0.05) is 0 Å². The molecule has 0 aromatic carbocycles. The van der Waals surface area contributed by atoms with Crippen molar-refractivity contribution in [3.63, 3.8) is 0 Å². The topological polar surface area (TPSA) is 27.7 Å². The summed E-state index contributed by atoms with van der Waals surface area (Å²) in [5.41, 5.74) is 0. The Kier molecular flexibility index (Phi) is 41.9. The van der Waals surface area contributed by atoms with Crippen LogP contribution in [0.3, 0.4) is 0 Å². The van der Waals surface area contributed by atoms with Crippen LogP contribution in [0, 0.1) is 0 Å². The molecule has 0 amide bonds. The van der Waals surface area contributed by atoms with Crippen LogP contribution in [0.4, 0.5) is 0 Å². The van der Waals surface area contributed by atoms with Gasteiger partial charge < -0.3 is 0 Å². The van der Waals surface area contributed by atoms with Gasteiger partial charge in [-0.1, -0.05) is 0 Å². The molecule has 0 aromatic heterocycles. The molecule has 0 radical (unpaired) electrons. The second-order valence-electron chi connectivity index (χ2n) is 0.431. The molecule has 0 saturated heterocycles. The lowest BCUT2D eigenvalue weighted by Crippen LogP contribution is -1.66. The second-order valence-corrected chi connectivity index (χ2v) is 3.90. The molecular weight excluding hydrogens is 558 g/mol. The molecule has 0 rings (SSSR count). The first-order valence-corrected chi connectivity index (χ1v) is 4.05. The van der Waals surface area contributed by atoms with Crippen LogP contribution in [0.5, 0.6) is 0 Å². The maximum Gasteiger partial charge on any atom is 0.368 e. The highest BCUT2D eigenvalue weighted by molar-refractivity contribution is 9.08. The third-order valence-corrected chi connectivity index (χ3v) is 2.63. The van der Waals surface area contributed by atoms with Crippen molar-refractivity contribution in [1.29, 1.82) is 0 Å². The first kappa shape index (κ1) is 23.2. The Morgan fingerprint density at radius 2 is 0.900 bits per heavy atom. The average molecular weight is 561 g/mol. The molecule has 0 bridgehead atoms. The van der Waals surface area contributed by atoms with E-state index in [-0.39, 0.29) is 50.9 Å². The van der Waals surface area contributed by atoms with Crippen molar-refractivity contribution in [3.05, 3.63) is 0 Å². The van der Waals surface area contributed by atoms with Gasteiger partial charge in [-0.3, -0.25) is 0 Å². The van der Waals surface area contributed by atoms with Crippen LogP contribution >= 0.6 is 108 Å². The lowest BCUT2D eigenvalue weighted by molar-refractivity contribution is 0.501. The Morgan fingerprint density at radius 3 is 0.900 bits per heavy atom. The van der Waals surface area contributed by atoms with Crippen molar-refractivity contribution in [1.82, 2.24) is 0 Å². The number of rotatable bonds is 3. The van der Waals surface area contributed by atoms with Gasteiger partial charge in [0.2, 0.25) is 0 Å². The summed E-state index contributed by atoms with van der Waals surface area (Å²) in [5, 5.41) is 0. The van der Waals surface area contributed by atoms with Gasteiger partial charge in [-0.05, 0) is 0 Å². The lowest BCUT2D eigenvalue weighted by Gasteiger charge is -1.98. The van der Waals surface area contributed by atoms with Crippen LogP contribution in [0.2, 0.25) is 0 Å². The quantitative estimate of drug-likeness (QED) is 0.458. The van der Waals surface area contributed by atoms with E-state index in [1.807, 2.05) is 0 Å². The molecule has 0 aliphatic rings. The Bertz CT molecular complexity index is 34.5. The van der Waals surface area contributed by atoms with Crippen molar-refractivity contribution in [3.8, 4) is 0 Å². The first-order chi connectivity index (χ1) is 3.35. The summed E-state index contributed by atoms with van der Waals surface area (Å²) < 4.78 is 13.2. The molecule has 0 aliphatic heterocycles. The van der Waals surface area contributed by atoms with E-state index in [0.29, 0.717) is 0 Å². The highest BCUT2D eigenvalue weighted by Gasteiger charge is 2.06. The predicted molar refractivity (Wildman–Crippen MR) is 67.9 cm³/mol. The Hall–Kier alpha value is 3.19. The predicted octanol–water partition coefficient (Wildman–Crippen LogP) is 4.93. The molecule has 0 fully saturated rings. The Morgan fingerprint density at radius 1 is 0.700 bits per heavy atom. The molecule has 68 valence electrons. The summed E-state index contributed by atoms with van der Waals surface area (Å²) in [5.74, 6) is 0. The van der Waals surface area contributed by atoms with Crippen LogP contribution in [-0.4, -0.2) is 0 Å². The van der Waals surface area contributed by atoms with Crippen LogP contribution in [0.15, 0.2) is 0 Å². The summed E-state index contributed by atoms with van der Waals surface area (Å²) in [6.45, 7) is 0. The van der Waals surface area contributed by atoms with Crippen LogP contribution in [-0.2, 0) is 10.8 Å². The molecule has 3 nitrogen and oxygen atoms in total. The zero-order valence-electron chi connectivity index (χ0n) is 4.03. The van der Waals surface area contributed by atoms with Crippen molar-refractivity contribution in [2.45, 2.75) is 0 Å². The third kappa shape index (κ3) is 13.8. The Balaban J connectivity index is -0.0000000600. The molecule has 0 atom stereocenters. The second kappa shape index (κ2) is 18.1. The molecule has 0 unspecified atom stereocenters. The number of hydrogen-bond donors (Lipinski definition) is 0. The molecule has 0 aliphatic carbocycles. The minimum Gasteiger partial charge on any atom is -0.231 e. The largest absolute Gasteiger partial charge is 0.368 e. The molecule has 0 N–H and O–H groups in total. The van der Waals surface area contributed by atoms with Gasteiger partial charge >= 0.3 is 8.60 Å². The smallest absolute Gasteiger partial charge is 0.231 e. The van der Waals surface area contributed by atoms with Crippen molar-refractivity contribution in [2.75, 3.05) is 0 Å². The Labute approximate surface area is 118 Å². The van der Waals surface area contributed by atoms with Gasteiger partial charge in [0.15, 0.2) is 0 Å². The van der Waals surface area contributed by atoms with E-state index in [4.69, 9.17) is 0 Å². The molecule has 0 saturated carbocycles. The van der Waals surface area contributed by atoms with Gasteiger partial charge in [0.25, 0.3) is 0 Å². The minimum atomic E-state index is -1.30. The maximum atomic E-state index is 4.39. The zero-order chi connectivity index (χ0) is 5.70. The van der Waals surface area contributed by atoms with Crippen LogP contribution in [0.25, 0.3) is 0 Å². The minimum absolute atomic E-state index is 0. The summed E-state index contributed by atoms with van der Waals surface area (Å²) >= 11 is 7.96. The summed E-state index contributed by atoms with van der Waals surface area (Å²) in [7, 11) is -1.30. The number of halogens is 6. The fraction of sp³-hybridized carbons (Fsp3) is 0. The van der Waals surface area contributed by atoms with Crippen molar-refractivity contribution >= 4 is 108 Å². The first-order valence-electron chi connectivity index (χ1n) is 1.01. The molecule has 0 aromatic rings. The lowest BCUT2D eigenvalue weighted by atomic mass is 15.8. The van der Waals surface area contributed by atoms with Crippen LogP contribution in [0.1, 0.15) is 0 Å². The van der Waals surface area contributed by atoms with E-state index < -0.39 is 8.60 Å². The normalized spacial score (nSPS) is 7.20. The molecule has 10 heteroatoms. The summed E-state index contributed by atoms with van der Waals surface area (Å²) in [4.78, 5) is 0. The van der Waals surface area contributed by atoms with E-state index in [1.165, 1.54) is 0 Å². The molecule has 10 heavy (non-hydrogen) atoms. The zero-order valence-corrected chi connectivity index (χ0v) is 14.8. The van der Waals surface area contributed by atoms with Crippen LogP contribution < -0.4 is 0 Å². The summed E-state index contributed by atoms with van der Waals surface area (Å²) in [6, 6.07) is 0. The average Bonchev–Trinajstić information content (AvgIpc) is 1.72. The van der Waals surface area contributed by atoms with E-state index in [9.17, 15) is 0 Å². The van der Waals surface area contributed by atoms with Gasteiger partial charge in [0.1, 0.15) is 48.8 Å². The third-order valence-electron chi connectivity index (χ3n) is 0.169. The van der Waals surface area contributed by atoms with E-state index in [2.05, 4.69) is 59.6 Å². The number of hydrogen-bond acceptors (Lipinski definition) is 3. The van der Waals surface area contributed by atoms with Crippen molar-refractivity contribution in [2.24, 2.45) is 0 Å². The van der Waals surface area contributed by atoms with Gasteiger partial charge in [-0.2, -0.15) is 0 Å². The fourth-order valence-corrected chi connectivity index (χ4v) is 2.59. The maximum absolute atomic E-state index is 4.39. The van der Waals surface area contributed by atoms with Gasteiger partial charge in [-0.15, -0.1) is 50.9 Å². The molecule has 0 spiro atoms. The fourth-order valence-electron chi connectivity index (χ4n) is 0.0319. The van der Waals surface area contributed by atoms with E-state index >= 15 is 0 Å². The highest BCUT2D eigenvalue weighted by Crippen LogP contribution is 2.45. The molecule has 0 heterocycles. The molecular formula is H3Br6O3P. The SMILES string of the molecule is Br.Br.Br.BrOP(OBr)OBr. The van der Waals surface area contributed by atoms with Gasteiger partial charge in [0.05, 0.1) is 0 Å². The van der Waals surface area contributed by atoms with E-state index in [1.54, 1.807) is 0 Å². The van der Waals surface area contributed by atoms with Gasteiger partial charge in [-0.25, -0.2) is 10.8 Å². The van der Waals surface area contributed by atoms with E-state index in [0.717, 1.165) is 0 Å². The van der Waals surface area contributed by atoms with Crippen molar-refractivity contribution < 1.29 is 10.8 Å².